The van der Waals surface area contributed by atoms with Gasteiger partial charge < -0.3 is 10.2 Å². The summed E-state index contributed by atoms with van der Waals surface area (Å²) < 4.78 is 78.3. The Morgan fingerprint density at radius 2 is 1.16 bits per heavy atom. The number of alkyl halides is 6. The molecule has 0 aliphatic rings. The van der Waals surface area contributed by atoms with Gasteiger partial charge in [0, 0.05) is 24.0 Å². The number of thiazole rings is 2. The van der Waals surface area contributed by atoms with Crippen LogP contribution in [0.5, 0.6) is 0 Å². The Morgan fingerprint density at radius 3 is 1.66 bits per heavy atom. The third-order valence-electron chi connectivity index (χ3n) is 7.14. The molecule has 2 atom stereocenters. The minimum atomic E-state index is -4.48. The number of aliphatic hydroxyl groups is 2. The second kappa shape index (κ2) is 12.1. The molecule has 0 aliphatic carbocycles. The summed E-state index contributed by atoms with van der Waals surface area (Å²) in [5.41, 5.74) is -0.531. The maximum Gasteiger partial charge on any atom is 0.416 e. The molecule has 44 heavy (non-hydrogen) atoms. The molecule has 0 amide bonds. The van der Waals surface area contributed by atoms with E-state index in [4.69, 9.17) is 0 Å². The molecule has 0 bridgehead atoms. The van der Waals surface area contributed by atoms with E-state index in [0.717, 1.165) is 52.5 Å². The van der Waals surface area contributed by atoms with Gasteiger partial charge in [-0.1, -0.05) is 54.6 Å². The molecule has 2 heterocycles. The molecule has 2 N–H and O–H groups in total. The summed E-state index contributed by atoms with van der Waals surface area (Å²) >= 11 is 2.27. The lowest BCUT2D eigenvalue weighted by molar-refractivity contribution is -0.138. The summed E-state index contributed by atoms with van der Waals surface area (Å²) in [5, 5.41) is 24.5. The minimum Gasteiger partial charge on any atom is -0.387 e. The van der Waals surface area contributed by atoms with Crippen LogP contribution >= 0.6 is 22.7 Å². The van der Waals surface area contributed by atoms with Gasteiger partial charge in [0.2, 0.25) is 0 Å². The van der Waals surface area contributed by atoms with Gasteiger partial charge in [-0.05, 0) is 43.7 Å². The summed E-state index contributed by atoms with van der Waals surface area (Å²) in [6.45, 7) is 3.38. The van der Waals surface area contributed by atoms with E-state index in [1.807, 2.05) is 30.3 Å². The number of nitrogens with zero attached hydrogens (tertiary/aromatic N) is 2. The molecular formula is C32H26F6N2O2S2. The quantitative estimate of drug-likeness (QED) is 0.165. The first-order valence-corrected chi connectivity index (χ1v) is 15.0. The number of hydrogen-bond acceptors (Lipinski definition) is 6. The van der Waals surface area contributed by atoms with Crippen LogP contribution in [-0.2, 0) is 24.4 Å². The Morgan fingerprint density at radius 1 is 0.682 bits per heavy atom. The largest absolute Gasteiger partial charge is 0.416 e. The second-order valence-electron chi connectivity index (χ2n) is 10.5. The van der Waals surface area contributed by atoms with Crippen molar-refractivity contribution in [1.29, 1.82) is 0 Å². The van der Waals surface area contributed by atoms with Gasteiger partial charge in [0.25, 0.3) is 0 Å². The first-order valence-electron chi connectivity index (χ1n) is 13.4. The number of aliphatic hydroxyl groups excluding tert-OH is 1. The molecule has 2 aromatic heterocycles. The fourth-order valence-corrected chi connectivity index (χ4v) is 7.21. The third-order valence-corrected chi connectivity index (χ3v) is 9.85. The Balaban J connectivity index is 1.47. The van der Waals surface area contributed by atoms with E-state index in [9.17, 15) is 36.6 Å². The van der Waals surface area contributed by atoms with Crippen LogP contribution in [-0.4, -0.2) is 20.2 Å². The van der Waals surface area contributed by atoms with Crippen LogP contribution in [0.4, 0.5) is 26.3 Å². The fourth-order valence-electron chi connectivity index (χ4n) is 4.99. The molecule has 0 saturated heterocycles. The van der Waals surface area contributed by atoms with Crippen LogP contribution in [0.15, 0.2) is 78.9 Å². The Bertz CT molecular complexity index is 1730. The van der Waals surface area contributed by atoms with E-state index in [2.05, 4.69) is 9.97 Å². The number of rotatable bonds is 8. The SMILES string of the molecule is Cc1nc(-c2ccc(C(F)(F)F)cc2)sc1C(O)CC(O)(Cc1ccccc1)c1sc(-c2ccc(C(F)(F)F)cc2)nc1C. The zero-order valence-corrected chi connectivity index (χ0v) is 25.0. The summed E-state index contributed by atoms with van der Waals surface area (Å²) in [5.74, 6) is 0. The van der Waals surface area contributed by atoms with Crippen LogP contribution in [0.1, 0.15) is 50.4 Å². The molecule has 12 heteroatoms. The van der Waals surface area contributed by atoms with Crippen molar-refractivity contribution >= 4 is 22.7 Å². The van der Waals surface area contributed by atoms with Crippen molar-refractivity contribution in [2.75, 3.05) is 0 Å². The lowest BCUT2D eigenvalue weighted by Crippen LogP contribution is -2.31. The molecule has 0 aliphatic heterocycles. The smallest absolute Gasteiger partial charge is 0.387 e. The van der Waals surface area contributed by atoms with Crippen molar-refractivity contribution in [3.8, 4) is 21.1 Å². The van der Waals surface area contributed by atoms with E-state index in [0.29, 0.717) is 42.3 Å². The van der Waals surface area contributed by atoms with E-state index in [1.54, 1.807) is 13.8 Å². The van der Waals surface area contributed by atoms with Gasteiger partial charge in [-0.15, -0.1) is 22.7 Å². The van der Waals surface area contributed by atoms with E-state index in [-0.39, 0.29) is 12.8 Å². The monoisotopic (exact) mass is 648 g/mol. The molecule has 3 aromatic carbocycles. The first-order chi connectivity index (χ1) is 20.6. The van der Waals surface area contributed by atoms with Gasteiger partial charge >= 0.3 is 12.4 Å². The topological polar surface area (TPSA) is 66.2 Å². The van der Waals surface area contributed by atoms with Gasteiger partial charge in [0.15, 0.2) is 0 Å². The van der Waals surface area contributed by atoms with Gasteiger partial charge in [-0.2, -0.15) is 26.3 Å². The van der Waals surface area contributed by atoms with Crippen LogP contribution in [0, 0.1) is 13.8 Å². The summed E-state index contributed by atoms with van der Waals surface area (Å²) in [6, 6.07) is 18.4. The Hall–Kier alpha value is -3.58. The van der Waals surface area contributed by atoms with Gasteiger partial charge in [-0.25, -0.2) is 9.97 Å². The molecule has 0 spiro atoms. The van der Waals surface area contributed by atoms with Crippen molar-refractivity contribution in [2.24, 2.45) is 0 Å². The van der Waals surface area contributed by atoms with E-state index < -0.39 is 35.2 Å². The number of halogens is 6. The average molecular weight is 649 g/mol. The predicted octanol–water partition coefficient (Wildman–Crippen LogP) is 9.14. The van der Waals surface area contributed by atoms with Crippen molar-refractivity contribution in [2.45, 2.75) is 50.7 Å². The third kappa shape index (κ3) is 6.88. The highest BCUT2D eigenvalue weighted by molar-refractivity contribution is 7.15. The van der Waals surface area contributed by atoms with Crippen LogP contribution in [0.25, 0.3) is 21.1 Å². The second-order valence-corrected chi connectivity index (χ2v) is 12.5. The number of aromatic nitrogens is 2. The number of aryl methyl sites for hydroxylation is 2. The lowest BCUT2D eigenvalue weighted by Gasteiger charge is -2.30. The molecule has 230 valence electrons. The molecule has 5 aromatic rings. The zero-order valence-electron chi connectivity index (χ0n) is 23.4. The first kappa shape index (κ1) is 31.8. The number of hydrogen-bond donors (Lipinski definition) is 2. The highest BCUT2D eigenvalue weighted by Gasteiger charge is 2.38. The Labute approximate surface area is 257 Å². The maximum absolute atomic E-state index is 13.1. The normalized spacial score (nSPS) is 14.4. The van der Waals surface area contributed by atoms with Gasteiger partial charge in [0.05, 0.1) is 38.4 Å². The van der Waals surface area contributed by atoms with Crippen LogP contribution in [0.3, 0.4) is 0 Å². The van der Waals surface area contributed by atoms with Crippen molar-refractivity contribution in [3.05, 3.63) is 117 Å². The van der Waals surface area contributed by atoms with Crippen molar-refractivity contribution in [3.63, 3.8) is 0 Å². The standard InChI is InChI=1S/C32H26F6N2O2S2/c1-18-26(43-28(39-18)21-8-12-23(13-9-21)31(33,34)35)25(41)17-30(42,16-20-6-4-3-5-7-20)27-19(2)40-29(44-27)22-10-14-24(15-11-22)32(36,37)38/h3-15,25,41-42H,16-17H2,1-2H3. The molecule has 5 rings (SSSR count). The maximum atomic E-state index is 13.1. The van der Waals surface area contributed by atoms with Crippen molar-refractivity contribution in [1.82, 2.24) is 9.97 Å². The van der Waals surface area contributed by atoms with Gasteiger partial charge in [-0.3, -0.25) is 0 Å². The fraction of sp³-hybridized carbons (Fsp3) is 0.250. The highest BCUT2D eigenvalue weighted by atomic mass is 32.1. The summed E-state index contributed by atoms with van der Waals surface area (Å²) in [4.78, 5) is 9.94. The molecule has 0 fully saturated rings. The van der Waals surface area contributed by atoms with Crippen molar-refractivity contribution < 1.29 is 36.6 Å². The minimum absolute atomic E-state index is 0.115. The molecule has 0 radical (unpaired) electrons. The zero-order chi connectivity index (χ0) is 31.9. The van der Waals surface area contributed by atoms with Crippen LogP contribution in [0.2, 0.25) is 0 Å². The summed E-state index contributed by atoms with van der Waals surface area (Å²) in [6.07, 6.45) is -10.2. The molecule has 2 unspecified atom stereocenters. The Kier molecular flexibility index (Phi) is 8.74. The molecule has 0 saturated carbocycles. The molecule has 4 nitrogen and oxygen atoms in total. The predicted molar refractivity (Wildman–Crippen MR) is 158 cm³/mol. The van der Waals surface area contributed by atoms with Crippen LogP contribution < -0.4 is 0 Å². The van der Waals surface area contributed by atoms with E-state index in [1.165, 1.54) is 24.3 Å². The molecular weight excluding hydrogens is 622 g/mol. The van der Waals surface area contributed by atoms with E-state index >= 15 is 0 Å². The number of benzene rings is 3. The average Bonchev–Trinajstić information content (AvgIpc) is 3.56. The lowest BCUT2D eigenvalue weighted by atomic mass is 9.86. The van der Waals surface area contributed by atoms with Gasteiger partial charge in [0.1, 0.15) is 15.6 Å². The highest BCUT2D eigenvalue weighted by Crippen LogP contribution is 2.44. The summed E-state index contributed by atoms with van der Waals surface area (Å²) in [7, 11) is 0.